The maximum Gasteiger partial charge on any atom is 0.127 e. The molecule has 0 aliphatic carbocycles. The third kappa shape index (κ3) is 7.09. The van der Waals surface area contributed by atoms with Gasteiger partial charge >= 0.3 is 0 Å². The fourth-order valence-corrected chi connectivity index (χ4v) is 2.64. The van der Waals surface area contributed by atoms with Crippen LogP contribution in [-0.2, 0) is 19.8 Å². The number of benzene rings is 3. The summed E-state index contributed by atoms with van der Waals surface area (Å²) in [6.07, 6.45) is 0. The molecule has 0 unspecified atom stereocenters. The Morgan fingerprint density at radius 3 is 1.86 bits per heavy atom. The summed E-state index contributed by atoms with van der Waals surface area (Å²) < 4.78 is 12.0. The normalized spacial score (nSPS) is 9.96. The summed E-state index contributed by atoms with van der Waals surface area (Å²) >= 11 is 0. The van der Waals surface area contributed by atoms with Gasteiger partial charge in [-0.2, -0.15) is 0 Å². The first kappa shape index (κ1) is 21.5. The van der Waals surface area contributed by atoms with Gasteiger partial charge in [0.1, 0.15) is 24.7 Å². The molecule has 1 N–H and O–H groups in total. The van der Waals surface area contributed by atoms with E-state index >= 15 is 0 Å². The van der Waals surface area contributed by atoms with E-state index in [2.05, 4.69) is 42.6 Å². The molecule has 28 heavy (non-hydrogen) atoms. The Bertz CT molecular complexity index is 788. The smallest absolute Gasteiger partial charge is 0.127 e. The van der Waals surface area contributed by atoms with Crippen LogP contribution in [-0.4, -0.2) is 6.54 Å². The van der Waals surface area contributed by atoms with Crippen molar-refractivity contribution in [2.75, 3.05) is 6.54 Å². The number of nitrogens with one attached hydrogen (secondary N) is 1. The molecule has 3 aromatic carbocycles. The highest BCUT2D eigenvalue weighted by Crippen LogP contribution is 2.26. The number of hydrogen-bond acceptors (Lipinski definition) is 3. The summed E-state index contributed by atoms with van der Waals surface area (Å²) in [6, 6.07) is 26.4. The molecule has 0 aromatic heterocycles. The average Bonchev–Trinajstić information content (AvgIpc) is 2.78. The first-order valence-electron chi connectivity index (χ1n) is 10.0. The van der Waals surface area contributed by atoms with E-state index in [-0.39, 0.29) is 0 Å². The Balaban J connectivity index is 0.00000136. The van der Waals surface area contributed by atoms with E-state index < -0.39 is 0 Å². The molecule has 3 heteroatoms. The highest BCUT2D eigenvalue weighted by atomic mass is 16.5. The van der Waals surface area contributed by atoms with Crippen molar-refractivity contribution in [3.8, 4) is 11.5 Å². The molecule has 3 rings (SSSR count). The highest BCUT2D eigenvalue weighted by Gasteiger charge is 2.07. The fraction of sp³-hybridized carbons (Fsp3) is 0.280. The van der Waals surface area contributed by atoms with Gasteiger partial charge in [0, 0.05) is 18.2 Å². The van der Waals surface area contributed by atoms with E-state index in [9.17, 15) is 0 Å². The van der Waals surface area contributed by atoms with Crippen LogP contribution in [0.15, 0.2) is 78.9 Å². The van der Waals surface area contributed by atoms with Gasteiger partial charge in [-0.3, -0.25) is 0 Å². The summed E-state index contributed by atoms with van der Waals surface area (Å²) in [4.78, 5) is 0. The van der Waals surface area contributed by atoms with Crippen LogP contribution < -0.4 is 14.8 Å². The van der Waals surface area contributed by atoms with Gasteiger partial charge < -0.3 is 14.8 Å². The number of hydrogen-bond donors (Lipinski definition) is 1. The average molecular weight is 378 g/mol. The maximum atomic E-state index is 6.09. The van der Waals surface area contributed by atoms with Crippen molar-refractivity contribution >= 4 is 0 Å². The molecule has 3 aromatic rings. The van der Waals surface area contributed by atoms with Crippen LogP contribution in [0.2, 0.25) is 0 Å². The SMILES string of the molecule is CC.CCNCc1ccc(OCc2ccccc2)cc1OCc1ccccc1. The zero-order chi connectivity index (χ0) is 20.0. The van der Waals surface area contributed by atoms with E-state index in [4.69, 9.17) is 9.47 Å². The molecule has 0 atom stereocenters. The molecule has 0 bridgehead atoms. The Hall–Kier alpha value is -2.78. The molecule has 0 heterocycles. The lowest BCUT2D eigenvalue weighted by atomic mass is 10.1. The van der Waals surface area contributed by atoms with Crippen molar-refractivity contribution in [2.24, 2.45) is 0 Å². The monoisotopic (exact) mass is 377 g/mol. The molecule has 148 valence electrons. The quantitative estimate of drug-likeness (QED) is 0.497. The minimum absolute atomic E-state index is 0.544. The molecule has 0 radical (unpaired) electrons. The second kappa shape index (κ2) is 12.6. The highest BCUT2D eigenvalue weighted by molar-refractivity contribution is 5.41. The van der Waals surface area contributed by atoms with Crippen molar-refractivity contribution in [3.63, 3.8) is 0 Å². The molecule has 0 aliphatic rings. The largest absolute Gasteiger partial charge is 0.489 e. The molecular weight excluding hydrogens is 346 g/mol. The Morgan fingerprint density at radius 2 is 1.29 bits per heavy atom. The van der Waals surface area contributed by atoms with Crippen LogP contribution >= 0.6 is 0 Å². The number of ether oxygens (including phenoxy) is 2. The van der Waals surface area contributed by atoms with Crippen molar-refractivity contribution in [3.05, 3.63) is 95.6 Å². The van der Waals surface area contributed by atoms with E-state index in [1.54, 1.807) is 0 Å². The first-order valence-corrected chi connectivity index (χ1v) is 10.0. The summed E-state index contributed by atoms with van der Waals surface area (Å²) in [6.45, 7) is 8.89. The molecule has 0 fully saturated rings. The topological polar surface area (TPSA) is 30.5 Å². The lowest BCUT2D eigenvalue weighted by molar-refractivity contribution is 0.287. The van der Waals surface area contributed by atoms with Crippen molar-refractivity contribution < 1.29 is 9.47 Å². The summed E-state index contributed by atoms with van der Waals surface area (Å²) in [5.74, 6) is 1.68. The van der Waals surface area contributed by atoms with Crippen molar-refractivity contribution in [1.82, 2.24) is 5.32 Å². The van der Waals surface area contributed by atoms with Crippen molar-refractivity contribution in [1.29, 1.82) is 0 Å². The van der Waals surface area contributed by atoms with Gasteiger partial charge in [0.15, 0.2) is 0 Å². The Morgan fingerprint density at radius 1 is 0.714 bits per heavy atom. The lowest BCUT2D eigenvalue weighted by Gasteiger charge is -2.14. The summed E-state index contributed by atoms with van der Waals surface area (Å²) in [5.41, 5.74) is 3.43. The molecule has 0 spiro atoms. The van der Waals surface area contributed by atoms with Gasteiger partial charge in [-0.25, -0.2) is 0 Å². The van der Waals surface area contributed by atoms with E-state index in [1.165, 1.54) is 0 Å². The summed E-state index contributed by atoms with van der Waals surface area (Å²) in [5, 5.41) is 3.36. The second-order valence-corrected chi connectivity index (χ2v) is 6.10. The van der Waals surface area contributed by atoms with Gasteiger partial charge in [-0.15, -0.1) is 0 Å². The summed E-state index contributed by atoms with van der Waals surface area (Å²) in [7, 11) is 0. The van der Waals surface area contributed by atoms with Crippen LogP contribution in [0.5, 0.6) is 11.5 Å². The van der Waals surface area contributed by atoms with E-state index in [1.807, 2.05) is 62.4 Å². The maximum absolute atomic E-state index is 6.09. The van der Waals surface area contributed by atoms with Gasteiger partial charge in [0.05, 0.1) is 0 Å². The fourth-order valence-electron chi connectivity index (χ4n) is 2.64. The second-order valence-electron chi connectivity index (χ2n) is 6.10. The first-order chi connectivity index (χ1) is 13.8. The van der Waals surface area contributed by atoms with Crippen LogP contribution in [0.4, 0.5) is 0 Å². The lowest BCUT2D eigenvalue weighted by Crippen LogP contribution is -2.13. The predicted molar refractivity (Wildman–Crippen MR) is 117 cm³/mol. The zero-order valence-electron chi connectivity index (χ0n) is 17.2. The molecule has 0 aliphatic heterocycles. The molecule has 0 saturated heterocycles. The molecular formula is C25H31NO2. The minimum atomic E-state index is 0.544. The molecule has 0 amide bonds. The van der Waals surface area contributed by atoms with E-state index in [0.29, 0.717) is 13.2 Å². The van der Waals surface area contributed by atoms with Crippen LogP contribution in [0.25, 0.3) is 0 Å². The van der Waals surface area contributed by atoms with Crippen LogP contribution in [0, 0.1) is 0 Å². The molecule has 3 nitrogen and oxygen atoms in total. The zero-order valence-corrected chi connectivity index (χ0v) is 17.2. The standard InChI is InChI=1S/C23H25NO2.C2H6/c1-2-24-16-21-13-14-22(25-17-19-9-5-3-6-10-19)15-23(21)26-18-20-11-7-4-8-12-20;1-2/h3-15,24H,2,16-18H2,1H3;1-2H3. The minimum Gasteiger partial charge on any atom is -0.489 e. The Labute approximate surface area is 169 Å². The van der Waals surface area contributed by atoms with Crippen LogP contribution in [0.3, 0.4) is 0 Å². The third-order valence-corrected chi connectivity index (χ3v) is 4.09. The number of rotatable bonds is 9. The van der Waals surface area contributed by atoms with Gasteiger partial charge in [0.25, 0.3) is 0 Å². The van der Waals surface area contributed by atoms with Gasteiger partial charge in [-0.1, -0.05) is 87.5 Å². The van der Waals surface area contributed by atoms with Gasteiger partial charge in [0.2, 0.25) is 0 Å². The third-order valence-electron chi connectivity index (χ3n) is 4.09. The molecule has 0 saturated carbocycles. The van der Waals surface area contributed by atoms with Crippen LogP contribution in [0.1, 0.15) is 37.5 Å². The Kier molecular flexibility index (Phi) is 9.67. The van der Waals surface area contributed by atoms with E-state index in [0.717, 1.165) is 41.3 Å². The van der Waals surface area contributed by atoms with Crippen molar-refractivity contribution in [2.45, 2.75) is 40.5 Å². The predicted octanol–water partition coefficient (Wildman–Crippen LogP) is 5.98. The van der Waals surface area contributed by atoms with Gasteiger partial charge in [-0.05, 0) is 23.7 Å².